The second-order valence-corrected chi connectivity index (χ2v) is 4.51. The van der Waals surface area contributed by atoms with Crippen LogP contribution in [-0.4, -0.2) is 32.1 Å². The summed E-state index contributed by atoms with van der Waals surface area (Å²) in [5, 5.41) is 5.84. The molecule has 92 valence electrons. The van der Waals surface area contributed by atoms with E-state index in [0.717, 1.165) is 12.2 Å². The third-order valence-electron chi connectivity index (χ3n) is 2.65. The quantitative estimate of drug-likeness (QED) is 0.827. The molecule has 0 spiro atoms. The van der Waals surface area contributed by atoms with Crippen LogP contribution >= 0.6 is 0 Å². The maximum absolute atomic E-state index is 3.32. The molecule has 1 N–H and O–H groups in total. The number of hydrogen-bond donors (Lipinski definition) is 1. The van der Waals surface area contributed by atoms with Crippen molar-refractivity contribution in [1.82, 2.24) is 4.90 Å². The van der Waals surface area contributed by atoms with Crippen molar-refractivity contribution in [2.75, 3.05) is 32.5 Å². The van der Waals surface area contributed by atoms with Crippen molar-refractivity contribution in [1.29, 1.82) is 0 Å². The highest BCUT2D eigenvalue weighted by Gasteiger charge is 1.93. The Kier molecular flexibility index (Phi) is 4.22. The zero-order valence-electron chi connectivity index (χ0n) is 10.9. The average Bonchev–Trinajstić information content (AvgIpc) is 2.38. The van der Waals surface area contributed by atoms with E-state index in [-0.39, 0.29) is 0 Å². The van der Waals surface area contributed by atoms with Gasteiger partial charge in [0, 0.05) is 5.69 Å². The fourth-order valence-electron chi connectivity index (χ4n) is 1.72. The fraction of sp³-hybridized carbons (Fsp3) is 0.250. The Morgan fingerprint density at radius 2 is 1.78 bits per heavy atom. The predicted molar refractivity (Wildman–Crippen MR) is 78.8 cm³/mol. The van der Waals surface area contributed by atoms with Gasteiger partial charge in [0.2, 0.25) is 0 Å². The molecule has 0 unspecified atom stereocenters. The van der Waals surface area contributed by atoms with Gasteiger partial charge in [-0.3, -0.25) is 4.90 Å². The van der Waals surface area contributed by atoms with Crippen LogP contribution in [0.1, 0.15) is 0 Å². The Hall–Kier alpha value is -1.98. The van der Waals surface area contributed by atoms with Gasteiger partial charge in [0.1, 0.15) is 0 Å². The van der Waals surface area contributed by atoms with E-state index in [4.69, 9.17) is 0 Å². The maximum Gasteiger partial charge on any atom is 0.0766 e. The lowest BCUT2D eigenvalue weighted by atomic mass is 10.1. The summed E-state index contributed by atoms with van der Waals surface area (Å²) >= 11 is 0. The second-order valence-electron chi connectivity index (χ2n) is 4.51. The van der Waals surface area contributed by atoms with E-state index in [1.807, 2.05) is 14.1 Å². The Bertz CT molecular complexity index is 576. The van der Waals surface area contributed by atoms with Gasteiger partial charge in [0.25, 0.3) is 0 Å². The molecule has 0 radical (unpaired) electrons. The third-order valence-corrected chi connectivity index (χ3v) is 2.65. The molecule has 2 heteroatoms. The Labute approximate surface area is 109 Å². The van der Waals surface area contributed by atoms with Crippen molar-refractivity contribution in [2.45, 2.75) is 0 Å². The SMILES string of the molecule is CN(C)CC#CCNc1ccc2ccccc2c1. The minimum atomic E-state index is 0.687. The van der Waals surface area contributed by atoms with Gasteiger partial charge >= 0.3 is 0 Å². The fourth-order valence-corrected chi connectivity index (χ4v) is 1.72. The summed E-state index contributed by atoms with van der Waals surface area (Å²) in [6.45, 7) is 1.49. The van der Waals surface area contributed by atoms with Crippen LogP contribution in [0.5, 0.6) is 0 Å². The van der Waals surface area contributed by atoms with Gasteiger partial charge in [-0.25, -0.2) is 0 Å². The van der Waals surface area contributed by atoms with E-state index < -0.39 is 0 Å². The molecule has 0 fully saturated rings. The zero-order chi connectivity index (χ0) is 12.8. The molecule has 18 heavy (non-hydrogen) atoms. The summed E-state index contributed by atoms with van der Waals surface area (Å²) in [5.41, 5.74) is 1.12. The molecule has 0 aromatic heterocycles. The Morgan fingerprint density at radius 3 is 2.56 bits per heavy atom. The molecule has 2 nitrogen and oxygen atoms in total. The molecule has 0 atom stereocenters. The summed E-state index contributed by atoms with van der Waals surface area (Å²) in [7, 11) is 4.04. The molecule has 2 rings (SSSR count). The minimum Gasteiger partial charge on any atom is -0.374 e. The molecule has 0 heterocycles. The van der Waals surface area contributed by atoms with Gasteiger partial charge in [0.15, 0.2) is 0 Å². The van der Waals surface area contributed by atoms with Gasteiger partial charge in [-0.2, -0.15) is 0 Å². The van der Waals surface area contributed by atoms with Crippen molar-refractivity contribution >= 4 is 16.5 Å². The van der Waals surface area contributed by atoms with Crippen molar-refractivity contribution in [3.8, 4) is 11.8 Å². The molecule has 2 aromatic rings. The molecule has 0 aliphatic rings. The highest BCUT2D eigenvalue weighted by molar-refractivity contribution is 5.85. The van der Waals surface area contributed by atoms with Crippen LogP contribution in [-0.2, 0) is 0 Å². The predicted octanol–water partition coefficient (Wildman–Crippen LogP) is 2.82. The molecular formula is C16H18N2. The lowest BCUT2D eigenvalue weighted by molar-refractivity contribution is 0.464. The highest BCUT2D eigenvalue weighted by Crippen LogP contribution is 2.18. The number of rotatable bonds is 3. The van der Waals surface area contributed by atoms with Gasteiger partial charge < -0.3 is 5.32 Å². The maximum atomic E-state index is 3.32. The van der Waals surface area contributed by atoms with Gasteiger partial charge in [-0.05, 0) is 37.0 Å². The number of anilines is 1. The van der Waals surface area contributed by atoms with Crippen molar-refractivity contribution in [3.05, 3.63) is 42.5 Å². The van der Waals surface area contributed by atoms with E-state index in [1.165, 1.54) is 10.8 Å². The summed E-state index contributed by atoms with van der Waals surface area (Å²) < 4.78 is 0. The monoisotopic (exact) mass is 238 g/mol. The van der Waals surface area contributed by atoms with Crippen LogP contribution in [0, 0.1) is 11.8 Å². The van der Waals surface area contributed by atoms with Gasteiger partial charge in [-0.1, -0.05) is 42.2 Å². The normalized spacial score (nSPS) is 10.2. The molecule has 0 amide bonds. The molecule has 0 aliphatic heterocycles. The molecule has 2 aromatic carbocycles. The molecule has 0 saturated heterocycles. The number of benzene rings is 2. The van der Waals surface area contributed by atoms with Crippen LogP contribution in [0.15, 0.2) is 42.5 Å². The second kappa shape index (κ2) is 6.09. The summed E-state index contributed by atoms with van der Waals surface area (Å²) in [6, 6.07) is 14.7. The minimum absolute atomic E-state index is 0.687. The van der Waals surface area contributed by atoms with Crippen molar-refractivity contribution < 1.29 is 0 Å². The average molecular weight is 238 g/mol. The first-order valence-electron chi connectivity index (χ1n) is 6.09. The van der Waals surface area contributed by atoms with E-state index in [1.54, 1.807) is 0 Å². The lowest BCUT2D eigenvalue weighted by Crippen LogP contribution is -2.11. The Morgan fingerprint density at radius 1 is 1.00 bits per heavy atom. The van der Waals surface area contributed by atoms with E-state index in [2.05, 4.69) is 64.5 Å². The standard InChI is InChI=1S/C16H18N2/c1-18(2)12-6-5-11-17-16-10-9-14-7-3-4-8-15(14)13-16/h3-4,7-10,13,17H,11-12H2,1-2H3. The van der Waals surface area contributed by atoms with Crippen LogP contribution in [0.2, 0.25) is 0 Å². The van der Waals surface area contributed by atoms with Crippen LogP contribution in [0.25, 0.3) is 10.8 Å². The first-order valence-corrected chi connectivity index (χ1v) is 6.09. The summed E-state index contributed by atoms with van der Waals surface area (Å²) in [5.74, 6) is 6.22. The first kappa shape index (κ1) is 12.5. The number of nitrogens with one attached hydrogen (secondary N) is 1. The number of fused-ring (bicyclic) bond motifs is 1. The van der Waals surface area contributed by atoms with Crippen LogP contribution < -0.4 is 5.32 Å². The largest absolute Gasteiger partial charge is 0.374 e. The van der Waals surface area contributed by atoms with E-state index in [0.29, 0.717) is 6.54 Å². The van der Waals surface area contributed by atoms with Crippen LogP contribution in [0.3, 0.4) is 0 Å². The zero-order valence-corrected chi connectivity index (χ0v) is 10.9. The highest BCUT2D eigenvalue weighted by atomic mass is 15.0. The summed E-state index contributed by atoms with van der Waals surface area (Å²) in [6.07, 6.45) is 0. The third kappa shape index (κ3) is 3.51. The molecule has 0 bridgehead atoms. The smallest absolute Gasteiger partial charge is 0.0766 e. The van der Waals surface area contributed by atoms with Crippen molar-refractivity contribution in [2.24, 2.45) is 0 Å². The van der Waals surface area contributed by atoms with E-state index in [9.17, 15) is 0 Å². The van der Waals surface area contributed by atoms with Gasteiger partial charge in [0.05, 0.1) is 13.1 Å². The lowest BCUT2D eigenvalue weighted by Gasteiger charge is -2.04. The Balaban J connectivity index is 1.97. The molecular weight excluding hydrogens is 220 g/mol. The van der Waals surface area contributed by atoms with Gasteiger partial charge in [-0.15, -0.1) is 0 Å². The topological polar surface area (TPSA) is 15.3 Å². The first-order chi connectivity index (χ1) is 8.75. The van der Waals surface area contributed by atoms with E-state index >= 15 is 0 Å². The number of hydrogen-bond acceptors (Lipinski definition) is 2. The summed E-state index contributed by atoms with van der Waals surface area (Å²) in [4.78, 5) is 2.06. The molecule has 0 saturated carbocycles. The number of nitrogens with zero attached hydrogens (tertiary/aromatic N) is 1. The van der Waals surface area contributed by atoms with Crippen molar-refractivity contribution in [3.63, 3.8) is 0 Å². The van der Waals surface area contributed by atoms with Crippen LogP contribution in [0.4, 0.5) is 5.69 Å². The molecule has 0 aliphatic carbocycles.